The summed E-state index contributed by atoms with van der Waals surface area (Å²) >= 11 is 0. The van der Waals surface area contributed by atoms with E-state index in [0.717, 1.165) is 11.0 Å². The van der Waals surface area contributed by atoms with Gasteiger partial charge in [-0.15, -0.1) is 0 Å². The molecule has 1 N–H and O–H groups in total. The number of nitrogens with zero attached hydrogens (tertiary/aromatic N) is 3. The molecule has 0 saturated carbocycles. The van der Waals surface area contributed by atoms with Crippen molar-refractivity contribution in [3.05, 3.63) is 54.0 Å². The second kappa shape index (κ2) is 4.20. The number of imidazole rings is 1. The summed E-state index contributed by atoms with van der Waals surface area (Å²) in [4.78, 5) is 19.9. The first-order valence-electron chi connectivity index (χ1n) is 5.80. The van der Waals surface area contributed by atoms with Crippen molar-refractivity contribution in [2.24, 2.45) is 0 Å². The average molecular weight is 253 g/mol. The molecule has 0 fully saturated rings. The van der Waals surface area contributed by atoms with E-state index in [1.165, 1.54) is 0 Å². The zero-order valence-corrected chi connectivity index (χ0v) is 10.2. The van der Waals surface area contributed by atoms with Crippen LogP contribution in [0.5, 0.6) is 0 Å². The van der Waals surface area contributed by atoms with Gasteiger partial charge in [-0.2, -0.15) is 0 Å². The maximum atomic E-state index is 11.4. The summed E-state index contributed by atoms with van der Waals surface area (Å²) < 4.78 is 1.70. The lowest BCUT2D eigenvalue weighted by molar-refractivity contribution is 0.0695. The summed E-state index contributed by atoms with van der Waals surface area (Å²) in [6.07, 6.45) is 3.20. The number of aryl methyl sites for hydroxylation is 1. The van der Waals surface area contributed by atoms with Crippen LogP contribution < -0.4 is 0 Å². The van der Waals surface area contributed by atoms with E-state index in [4.69, 9.17) is 0 Å². The summed E-state index contributed by atoms with van der Waals surface area (Å²) in [5.41, 5.74) is 2.52. The van der Waals surface area contributed by atoms with Crippen molar-refractivity contribution in [3.8, 4) is 5.82 Å². The van der Waals surface area contributed by atoms with Crippen molar-refractivity contribution in [1.82, 2.24) is 14.5 Å². The third kappa shape index (κ3) is 1.76. The zero-order chi connectivity index (χ0) is 13.4. The van der Waals surface area contributed by atoms with Gasteiger partial charge in [0, 0.05) is 6.20 Å². The fourth-order valence-electron chi connectivity index (χ4n) is 2.12. The number of aromatic nitrogens is 3. The first kappa shape index (κ1) is 11.4. The Balaban J connectivity index is 2.33. The summed E-state index contributed by atoms with van der Waals surface area (Å²) in [6, 6.07) is 9.23. The van der Waals surface area contributed by atoms with Gasteiger partial charge in [-0.25, -0.2) is 14.8 Å². The molecule has 0 bridgehead atoms. The standard InChI is InChI=1S/C14H11N3O2/c1-9-6-7-15-13(12(9)14(18)19)17-8-16-10-4-2-3-5-11(10)17/h2-8H,1H3,(H,18,19). The number of fused-ring (bicyclic) bond motifs is 1. The van der Waals surface area contributed by atoms with Crippen molar-refractivity contribution >= 4 is 17.0 Å². The molecular formula is C14H11N3O2. The fourth-order valence-corrected chi connectivity index (χ4v) is 2.12. The van der Waals surface area contributed by atoms with Crippen molar-refractivity contribution in [1.29, 1.82) is 0 Å². The Morgan fingerprint density at radius 1 is 1.21 bits per heavy atom. The van der Waals surface area contributed by atoms with Crippen molar-refractivity contribution < 1.29 is 9.90 Å². The molecule has 1 aromatic carbocycles. The first-order chi connectivity index (χ1) is 9.18. The van der Waals surface area contributed by atoms with E-state index in [1.54, 1.807) is 30.1 Å². The number of hydrogen-bond acceptors (Lipinski definition) is 3. The Kier molecular flexibility index (Phi) is 2.52. The summed E-state index contributed by atoms with van der Waals surface area (Å²) in [7, 11) is 0. The maximum absolute atomic E-state index is 11.4. The van der Waals surface area contributed by atoms with Crippen LogP contribution in [0.2, 0.25) is 0 Å². The second-order valence-corrected chi connectivity index (χ2v) is 4.23. The van der Waals surface area contributed by atoms with Gasteiger partial charge in [0.05, 0.1) is 11.0 Å². The molecule has 0 aliphatic carbocycles. The number of aromatic carboxylic acids is 1. The molecule has 0 atom stereocenters. The van der Waals surface area contributed by atoms with Crippen molar-refractivity contribution in [3.63, 3.8) is 0 Å². The quantitative estimate of drug-likeness (QED) is 0.761. The number of carboxylic acid groups (broad SMARTS) is 1. The highest BCUT2D eigenvalue weighted by atomic mass is 16.4. The molecule has 0 unspecified atom stereocenters. The third-order valence-electron chi connectivity index (χ3n) is 3.03. The molecule has 0 aliphatic heterocycles. The SMILES string of the molecule is Cc1ccnc(-n2cnc3ccccc32)c1C(=O)O. The molecule has 0 amide bonds. The van der Waals surface area contributed by atoms with Crippen molar-refractivity contribution in [2.45, 2.75) is 6.92 Å². The van der Waals surface area contributed by atoms with Crippen LogP contribution >= 0.6 is 0 Å². The van der Waals surface area contributed by atoms with E-state index >= 15 is 0 Å². The van der Waals surface area contributed by atoms with Crippen LogP contribution in [0, 0.1) is 6.92 Å². The molecule has 2 heterocycles. The molecule has 0 radical (unpaired) electrons. The summed E-state index contributed by atoms with van der Waals surface area (Å²) in [6.45, 7) is 1.76. The summed E-state index contributed by atoms with van der Waals surface area (Å²) in [5.74, 6) is -0.598. The molecule has 3 aromatic rings. The van der Waals surface area contributed by atoms with Gasteiger partial charge in [0.1, 0.15) is 11.9 Å². The number of benzene rings is 1. The molecule has 3 rings (SSSR count). The van der Waals surface area contributed by atoms with Gasteiger partial charge in [0.15, 0.2) is 5.82 Å². The second-order valence-electron chi connectivity index (χ2n) is 4.23. The monoisotopic (exact) mass is 253 g/mol. The smallest absolute Gasteiger partial charge is 0.339 e. The molecule has 0 aliphatic rings. The van der Waals surface area contributed by atoms with Crippen LogP contribution in [0.1, 0.15) is 15.9 Å². The zero-order valence-electron chi connectivity index (χ0n) is 10.2. The van der Waals surface area contributed by atoms with Crippen LogP contribution in [0.4, 0.5) is 0 Å². The maximum Gasteiger partial charge on any atom is 0.339 e. The highest BCUT2D eigenvalue weighted by Crippen LogP contribution is 2.21. The molecular weight excluding hydrogens is 242 g/mol. The third-order valence-corrected chi connectivity index (χ3v) is 3.03. The van der Waals surface area contributed by atoms with Gasteiger partial charge >= 0.3 is 5.97 Å². The van der Waals surface area contributed by atoms with E-state index in [1.807, 2.05) is 24.3 Å². The highest BCUT2D eigenvalue weighted by Gasteiger charge is 2.17. The van der Waals surface area contributed by atoms with Crippen LogP contribution in [0.3, 0.4) is 0 Å². The molecule has 0 spiro atoms. The number of rotatable bonds is 2. The van der Waals surface area contributed by atoms with Gasteiger partial charge < -0.3 is 5.11 Å². The Morgan fingerprint density at radius 3 is 2.79 bits per heavy atom. The molecule has 0 saturated heterocycles. The minimum atomic E-state index is -0.988. The van der Waals surface area contributed by atoms with Gasteiger partial charge in [0.25, 0.3) is 0 Å². The van der Waals surface area contributed by atoms with Gasteiger partial charge in [0.2, 0.25) is 0 Å². The lowest BCUT2D eigenvalue weighted by atomic mass is 10.1. The Labute approximate surface area is 109 Å². The fraction of sp³-hybridized carbons (Fsp3) is 0.0714. The van der Waals surface area contributed by atoms with Gasteiger partial charge in [-0.3, -0.25) is 4.57 Å². The van der Waals surface area contributed by atoms with Crippen LogP contribution in [0.15, 0.2) is 42.9 Å². The Hall–Kier alpha value is -2.69. The minimum absolute atomic E-state index is 0.200. The van der Waals surface area contributed by atoms with Gasteiger partial charge in [-0.1, -0.05) is 12.1 Å². The van der Waals surface area contributed by atoms with E-state index in [0.29, 0.717) is 11.4 Å². The van der Waals surface area contributed by atoms with Crippen LogP contribution in [-0.2, 0) is 0 Å². The lowest BCUT2D eigenvalue weighted by Gasteiger charge is -2.09. The average Bonchev–Trinajstić information content (AvgIpc) is 2.81. The van der Waals surface area contributed by atoms with Crippen LogP contribution in [-0.4, -0.2) is 25.6 Å². The minimum Gasteiger partial charge on any atom is -0.478 e. The van der Waals surface area contributed by atoms with E-state index in [9.17, 15) is 9.90 Å². The largest absolute Gasteiger partial charge is 0.478 e. The number of para-hydroxylation sites is 2. The Bertz CT molecular complexity index is 777. The predicted octanol–water partition coefficient (Wildman–Crippen LogP) is 2.43. The molecule has 2 aromatic heterocycles. The van der Waals surface area contributed by atoms with Crippen LogP contribution in [0.25, 0.3) is 16.9 Å². The van der Waals surface area contributed by atoms with Crippen molar-refractivity contribution in [2.75, 3.05) is 0 Å². The molecule has 94 valence electrons. The number of pyridine rings is 1. The lowest BCUT2D eigenvalue weighted by Crippen LogP contribution is -2.09. The summed E-state index contributed by atoms with van der Waals surface area (Å²) in [5, 5.41) is 9.34. The molecule has 5 nitrogen and oxygen atoms in total. The molecule has 19 heavy (non-hydrogen) atoms. The Morgan fingerprint density at radius 2 is 2.00 bits per heavy atom. The van der Waals surface area contributed by atoms with E-state index < -0.39 is 5.97 Å². The topological polar surface area (TPSA) is 68.0 Å². The number of carboxylic acids is 1. The number of hydrogen-bond donors (Lipinski definition) is 1. The molecule has 5 heteroatoms. The van der Waals surface area contributed by atoms with Gasteiger partial charge in [-0.05, 0) is 30.7 Å². The number of carbonyl (C=O) groups is 1. The predicted molar refractivity (Wildman–Crippen MR) is 70.6 cm³/mol. The van der Waals surface area contributed by atoms with E-state index in [-0.39, 0.29) is 5.56 Å². The normalized spacial score (nSPS) is 10.8. The highest BCUT2D eigenvalue weighted by molar-refractivity contribution is 5.93. The van der Waals surface area contributed by atoms with E-state index in [2.05, 4.69) is 9.97 Å². The first-order valence-corrected chi connectivity index (χ1v) is 5.80.